The van der Waals surface area contributed by atoms with Gasteiger partial charge in [0.15, 0.2) is 0 Å². The van der Waals surface area contributed by atoms with Gasteiger partial charge in [0.2, 0.25) is 0 Å². The molecule has 2 aromatic carbocycles. The largest absolute Gasteiger partial charge is 0.417 e. The summed E-state index contributed by atoms with van der Waals surface area (Å²) in [6, 6.07) is 7.41. The zero-order chi connectivity index (χ0) is 27.8. The monoisotopic (exact) mass is 547 g/mol. The lowest BCUT2D eigenvalue weighted by atomic mass is 10.1. The summed E-state index contributed by atoms with van der Waals surface area (Å²) in [7, 11) is 3.63. The molecule has 3 N–H and O–H groups in total. The van der Waals surface area contributed by atoms with Crippen LogP contribution in [0.3, 0.4) is 0 Å². The fourth-order valence-electron chi connectivity index (χ4n) is 4.04. The van der Waals surface area contributed by atoms with E-state index in [9.17, 15) is 18.0 Å². The Kier molecular flexibility index (Phi) is 7.73. The first-order chi connectivity index (χ1) is 17.9. The second-order valence-electron chi connectivity index (χ2n) is 9.20. The average Bonchev–Trinajstić information content (AvgIpc) is 3.47. The quantitative estimate of drug-likeness (QED) is 0.375. The van der Waals surface area contributed by atoms with E-state index in [1.54, 1.807) is 41.1 Å². The Hall–Kier alpha value is -3.54. The van der Waals surface area contributed by atoms with Gasteiger partial charge < -0.3 is 15.6 Å². The zero-order valence-electron chi connectivity index (χ0n) is 21.7. The number of alkyl halides is 3. The number of anilines is 2. The third kappa shape index (κ3) is 5.64. The number of hydrazine groups is 2. The minimum Gasteiger partial charge on any atom is -0.322 e. The van der Waals surface area contributed by atoms with Crippen molar-refractivity contribution in [2.45, 2.75) is 33.5 Å². The van der Waals surface area contributed by atoms with Crippen LogP contribution in [0.2, 0.25) is 5.02 Å². The van der Waals surface area contributed by atoms with Crippen molar-refractivity contribution in [1.29, 1.82) is 0 Å². The molecule has 0 saturated heterocycles. The summed E-state index contributed by atoms with van der Waals surface area (Å²) < 4.78 is 42.9. The summed E-state index contributed by atoms with van der Waals surface area (Å²) >= 11 is 6.11. The fraction of sp³-hybridized carbons (Fsp3) is 0.308. The number of nitrogens with one attached hydrogen (secondary N) is 3. The molecule has 0 aliphatic carbocycles. The van der Waals surface area contributed by atoms with E-state index >= 15 is 0 Å². The lowest BCUT2D eigenvalue weighted by molar-refractivity contribution is -0.137. The zero-order valence-corrected chi connectivity index (χ0v) is 22.4. The van der Waals surface area contributed by atoms with Crippen LogP contribution < -0.4 is 21.3 Å². The topological polar surface area (TPSA) is 77.5 Å². The van der Waals surface area contributed by atoms with E-state index in [-0.39, 0.29) is 28.4 Å². The first-order valence-electron chi connectivity index (χ1n) is 11.9. The first-order valence-corrected chi connectivity index (χ1v) is 12.3. The highest BCUT2D eigenvalue weighted by atomic mass is 35.5. The number of rotatable bonds is 7. The van der Waals surface area contributed by atoms with Crippen molar-refractivity contribution >= 4 is 34.6 Å². The molecule has 0 radical (unpaired) electrons. The Morgan fingerprint density at radius 2 is 1.95 bits per heavy atom. The van der Waals surface area contributed by atoms with Crippen molar-refractivity contribution < 1.29 is 18.0 Å². The standard InChI is InChI=1S/C26H29ClF3N7O/c1-6-35(4)13-18-9-19(11-21(24(18)27)26(28,29)30)32-25(38)17-8-7-15(2)23(10-17)37-14-22(33-34-37)20-12-31-36(5)16(20)3/h7-12,14,33-34H,6,13H2,1-5H3,(H,32,38). The van der Waals surface area contributed by atoms with Gasteiger partial charge in [-0.25, -0.2) is 0 Å². The molecule has 0 spiro atoms. The lowest BCUT2D eigenvalue weighted by Gasteiger charge is -2.20. The molecule has 1 aliphatic heterocycles. The molecule has 0 bridgehead atoms. The van der Waals surface area contributed by atoms with Crippen LogP contribution in [0.25, 0.3) is 5.70 Å². The Morgan fingerprint density at radius 3 is 2.58 bits per heavy atom. The maximum atomic E-state index is 13.7. The van der Waals surface area contributed by atoms with Gasteiger partial charge in [-0.15, -0.1) is 5.53 Å². The third-order valence-corrected chi connectivity index (χ3v) is 6.96. The van der Waals surface area contributed by atoms with Crippen LogP contribution >= 0.6 is 11.6 Å². The fourth-order valence-corrected chi connectivity index (χ4v) is 4.31. The van der Waals surface area contributed by atoms with Crippen LogP contribution in [0.15, 0.2) is 42.7 Å². The van der Waals surface area contributed by atoms with Crippen LogP contribution in [0.4, 0.5) is 24.5 Å². The summed E-state index contributed by atoms with van der Waals surface area (Å²) in [5.41, 5.74) is 10.0. The molecule has 0 unspecified atom stereocenters. The number of aryl methyl sites for hydroxylation is 2. The van der Waals surface area contributed by atoms with Crippen molar-refractivity contribution in [3.8, 4) is 0 Å². The van der Waals surface area contributed by atoms with Crippen molar-refractivity contribution in [3.05, 3.63) is 81.3 Å². The van der Waals surface area contributed by atoms with E-state index in [1.807, 2.05) is 38.9 Å². The number of aromatic nitrogens is 2. The average molecular weight is 548 g/mol. The summed E-state index contributed by atoms with van der Waals surface area (Å²) in [6.45, 7) is 6.56. The molecular weight excluding hydrogens is 519 g/mol. The third-order valence-electron chi connectivity index (χ3n) is 6.52. The molecule has 1 aromatic heterocycles. The molecule has 8 nitrogen and oxygen atoms in total. The van der Waals surface area contributed by atoms with Crippen LogP contribution in [0, 0.1) is 13.8 Å². The van der Waals surface area contributed by atoms with E-state index in [0.717, 1.165) is 28.6 Å². The molecule has 202 valence electrons. The van der Waals surface area contributed by atoms with Gasteiger partial charge >= 0.3 is 6.18 Å². The molecule has 0 fully saturated rings. The SMILES string of the molecule is CCN(C)Cc1cc(NC(=O)c2ccc(C)c(N3C=C(c4cnn(C)c4C)NN3)c2)cc(C(F)(F)F)c1Cl. The number of nitrogens with zero attached hydrogens (tertiary/aromatic N) is 4. The molecule has 2 heterocycles. The summed E-state index contributed by atoms with van der Waals surface area (Å²) in [4.78, 5) is 15.0. The number of hydrogen-bond acceptors (Lipinski definition) is 6. The molecule has 0 saturated carbocycles. The highest BCUT2D eigenvalue weighted by Gasteiger charge is 2.35. The Morgan fingerprint density at radius 1 is 1.21 bits per heavy atom. The van der Waals surface area contributed by atoms with Gasteiger partial charge in [-0.3, -0.25) is 14.5 Å². The number of halogens is 4. The second kappa shape index (κ2) is 10.7. The highest BCUT2D eigenvalue weighted by molar-refractivity contribution is 6.32. The van der Waals surface area contributed by atoms with Gasteiger partial charge in [0.05, 0.1) is 28.2 Å². The summed E-state index contributed by atoms with van der Waals surface area (Å²) in [5, 5.41) is 8.24. The molecule has 4 rings (SSSR count). The predicted molar refractivity (Wildman–Crippen MR) is 142 cm³/mol. The van der Waals surface area contributed by atoms with Gasteiger partial charge in [-0.2, -0.15) is 18.3 Å². The summed E-state index contributed by atoms with van der Waals surface area (Å²) in [6.07, 6.45) is -1.07. The van der Waals surface area contributed by atoms with Crippen molar-refractivity contribution in [2.24, 2.45) is 7.05 Å². The van der Waals surface area contributed by atoms with Gasteiger partial charge in [0.1, 0.15) is 0 Å². The maximum absolute atomic E-state index is 13.7. The molecule has 12 heteroatoms. The van der Waals surface area contributed by atoms with E-state index in [4.69, 9.17) is 11.6 Å². The Bertz CT molecular complexity index is 1400. The number of carbonyl (C=O) groups is 1. The number of carbonyl (C=O) groups excluding carboxylic acids is 1. The second-order valence-corrected chi connectivity index (χ2v) is 9.58. The van der Waals surface area contributed by atoms with Crippen molar-refractivity contribution in [2.75, 3.05) is 23.9 Å². The van der Waals surface area contributed by atoms with Gasteiger partial charge in [0.25, 0.3) is 5.91 Å². The van der Waals surface area contributed by atoms with Gasteiger partial charge in [-0.1, -0.05) is 24.6 Å². The number of hydrogen-bond donors (Lipinski definition) is 3. The normalized spacial score (nSPS) is 13.6. The maximum Gasteiger partial charge on any atom is 0.417 e. The molecule has 38 heavy (non-hydrogen) atoms. The minimum absolute atomic E-state index is 0.0172. The van der Waals surface area contributed by atoms with Crippen LogP contribution in [-0.2, 0) is 19.8 Å². The van der Waals surface area contributed by atoms with Gasteiger partial charge in [-0.05, 0) is 62.8 Å². The number of benzene rings is 2. The van der Waals surface area contributed by atoms with Crippen molar-refractivity contribution in [1.82, 2.24) is 25.6 Å². The molecule has 0 atom stereocenters. The molecule has 1 amide bonds. The van der Waals surface area contributed by atoms with Crippen LogP contribution in [0.1, 0.15) is 45.2 Å². The van der Waals surface area contributed by atoms with Gasteiger partial charge in [0, 0.05) is 42.3 Å². The van der Waals surface area contributed by atoms with Crippen LogP contribution in [-0.4, -0.2) is 34.2 Å². The Labute approximate surface area is 224 Å². The minimum atomic E-state index is -4.67. The van der Waals surface area contributed by atoms with E-state index < -0.39 is 17.6 Å². The van der Waals surface area contributed by atoms with E-state index in [2.05, 4.69) is 21.4 Å². The molecule has 3 aromatic rings. The smallest absolute Gasteiger partial charge is 0.322 e. The highest BCUT2D eigenvalue weighted by Crippen LogP contribution is 2.39. The van der Waals surface area contributed by atoms with E-state index in [0.29, 0.717) is 12.2 Å². The Balaban J connectivity index is 1.62. The molecular formula is C26H29ClF3N7O. The first kappa shape index (κ1) is 27.5. The number of amides is 1. The summed E-state index contributed by atoms with van der Waals surface area (Å²) in [5.74, 6) is -0.545. The predicted octanol–water partition coefficient (Wildman–Crippen LogP) is 5.24. The lowest BCUT2D eigenvalue weighted by Crippen LogP contribution is -2.36. The molecule has 1 aliphatic rings. The van der Waals surface area contributed by atoms with Crippen molar-refractivity contribution in [3.63, 3.8) is 0 Å². The van der Waals surface area contributed by atoms with Crippen LogP contribution in [0.5, 0.6) is 0 Å². The van der Waals surface area contributed by atoms with E-state index in [1.165, 1.54) is 6.07 Å².